The van der Waals surface area contributed by atoms with Crippen LogP contribution >= 0.6 is 11.8 Å². The van der Waals surface area contributed by atoms with Crippen molar-refractivity contribution in [1.29, 1.82) is 0 Å². The molecule has 2 aromatic rings. The van der Waals surface area contributed by atoms with Gasteiger partial charge >= 0.3 is 0 Å². The number of anilines is 1. The Morgan fingerprint density at radius 3 is 2.25 bits per heavy atom. The van der Waals surface area contributed by atoms with Crippen LogP contribution in [0.3, 0.4) is 0 Å². The Morgan fingerprint density at radius 2 is 1.68 bits per heavy atom. The van der Waals surface area contributed by atoms with E-state index in [1.807, 2.05) is 52.8 Å². The molecule has 0 atom stereocenters. The van der Waals surface area contributed by atoms with E-state index in [-0.39, 0.29) is 17.1 Å². The van der Waals surface area contributed by atoms with Crippen LogP contribution in [0.2, 0.25) is 0 Å². The third-order valence-corrected chi connectivity index (χ3v) is 5.54. The quantitative estimate of drug-likeness (QED) is 0.636. The lowest BCUT2D eigenvalue weighted by Gasteiger charge is -2.16. The van der Waals surface area contributed by atoms with Crippen LogP contribution in [-0.2, 0) is 9.59 Å². The Hall–Kier alpha value is -2.53. The molecule has 2 aromatic carbocycles. The van der Waals surface area contributed by atoms with Crippen LogP contribution in [0.5, 0.6) is 5.75 Å². The average molecular weight is 396 g/mol. The minimum absolute atomic E-state index is 0.188. The zero-order valence-electron chi connectivity index (χ0n) is 16.9. The maximum atomic E-state index is 13.4. The van der Waals surface area contributed by atoms with E-state index in [1.165, 1.54) is 16.7 Å². The van der Waals surface area contributed by atoms with Crippen molar-refractivity contribution in [1.82, 2.24) is 0 Å². The molecule has 3 rings (SSSR count). The number of hydrogen-bond acceptors (Lipinski definition) is 4. The van der Waals surface area contributed by atoms with Gasteiger partial charge in [0.05, 0.1) is 22.8 Å². The van der Waals surface area contributed by atoms with E-state index in [4.69, 9.17) is 4.74 Å². The van der Waals surface area contributed by atoms with Crippen molar-refractivity contribution in [3.05, 3.63) is 64.1 Å². The van der Waals surface area contributed by atoms with Gasteiger partial charge < -0.3 is 4.74 Å². The highest BCUT2D eigenvalue weighted by atomic mass is 32.2. The second-order valence-electron chi connectivity index (χ2n) is 7.06. The molecule has 28 heavy (non-hydrogen) atoms. The smallest absolute Gasteiger partial charge is 0.272 e. The summed E-state index contributed by atoms with van der Waals surface area (Å²) in [5, 5.41) is 0.188. The highest BCUT2D eigenvalue weighted by molar-refractivity contribution is 8.04. The van der Waals surface area contributed by atoms with Crippen molar-refractivity contribution in [3.63, 3.8) is 0 Å². The van der Waals surface area contributed by atoms with Gasteiger partial charge in [-0.05, 0) is 56.2 Å². The Bertz CT molecular complexity index is 945. The molecule has 0 saturated carbocycles. The Morgan fingerprint density at radius 1 is 1.00 bits per heavy atom. The van der Waals surface area contributed by atoms with Gasteiger partial charge in [-0.1, -0.05) is 37.6 Å². The van der Waals surface area contributed by atoms with Gasteiger partial charge in [-0.3, -0.25) is 9.59 Å². The van der Waals surface area contributed by atoms with Crippen LogP contribution in [0.4, 0.5) is 5.69 Å². The molecule has 0 spiro atoms. The molecule has 1 heterocycles. The lowest BCUT2D eigenvalue weighted by Crippen LogP contribution is -2.31. The van der Waals surface area contributed by atoms with Crippen molar-refractivity contribution in [3.8, 4) is 5.75 Å². The summed E-state index contributed by atoms with van der Waals surface area (Å²) in [7, 11) is 0. The van der Waals surface area contributed by atoms with Gasteiger partial charge in [-0.2, -0.15) is 0 Å². The number of benzene rings is 2. The first-order valence-electron chi connectivity index (χ1n) is 9.43. The topological polar surface area (TPSA) is 46.6 Å². The van der Waals surface area contributed by atoms with Crippen LogP contribution in [0.15, 0.2) is 47.4 Å². The van der Waals surface area contributed by atoms with Crippen LogP contribution in [0.1, 0.15) is 37.5 Å². The number of thioether (sulfide) groups is 1. The van der Waals surface area contributed by atoms with Gasteiger partial charge in [-0.15, -0.1) is 11.8 Å². The molecule has 0 unspecified atom stereocenters. The number of imide groups is 1. The minimum Gasteiger partial charge on any atom is -0.494 e. The standard InChI is InChI=1S/C23H25NO3S/c1-6-27-18-10-8-17(9-11-18)24-22(25)20(21(23(24)26)28-14(2)3)19-12-7-15(4)13-16(19)5/h7-14H,6H2,1-5H3. The molecule has 4 nitrogen and oxygen atoms in total. The van der Waals surface area contributed by atoms with E-state index in [0.717, 1.165) is 16.7 Å². The predicted octanol–water partition coefficient (Wildman–Crippen LogP) is 5.13. The largest absolute Gasteiger partial charge is 0.494 e. The number of ether oxygens (including phenoxy) is 1. The van der Waals surface area contributed by atoms with Gasteiger partial charge in [0.15, 0.2) is 0 Å². The summed E-state index contributed by atoms with van der Waals surface area (Å²) < 4.78 is 5.47. The number of amides is 2. The van der Waals surface area contributed by atoms with Crippen molar-refractivity contribution in [2.45, 2.75) is 39.9 Å². The van der Waals surface area contributed by atoms with Crippen molar-refractivity contribution in [2.24, 2.45) is 0 Å². The average Bonchev–Trinajstić information content (AvgIpc) is 2.86. The molecule has 0 radical (unpaired) electrons. The van der Waals surface area contributed by atoms with Gasteiger partial charge in [0, 0.05) is 5.25 Å². The summed E-state index contributed by atoms with van der Waals surface area (Å²) in [6.07, 6.45) is 0. The maximum Gasteiger partial charge on any atom is 0.272 e. The second kappa shape index (κ2) is 8.23. The normalized spacial score (nSPS) is 14.4. The van der Waals surface area contributed by atoms with Gasteiger partial charge in [0.25, 0.3) is 11.8 Å². The second-order valence-corrected chi connectivity index (χ2v) is 8.65. The summed E-state index contributed by atoms with van der Waals surface area (Å²) in [5.41, 5.74) is 3.99. The van der Waals surface area contributed by atoms with Gasteiger partial charge in [0.2, 0.25) is 0 Å². The van der Waals surface area contributed by atoms with E-state index in [2.05, 4.69) is 0 Å². The molecule has 0 aliphatic carbocycles. The fourth-order valence-corrected chi connectivity index (χ4v) is 4.26. The molecule has 5 heteroatoms. The molecule has 0 fully saturated rings. The number of rotatable bonds is 6. The number of nitrogens with zero attached hydrogens (tertiary/aromatic N) is 1. The van der Waals surface area contributed by atoms with Crippen LogP contribution in [-0.4, -0.2) is 23.7 Å². The molecular formula is C23H25NO3S. The molecule has 0 N–H and O–H groups in total. The van der Waals surface area contributed by atoms with Crippen LogP contribution in [0, 0.1) is 13.8 Å². The number of hydrogen-bond donors (Lipinski definition) is 0. The van der Waals surface area contributed by atoms with E-state index >= 15 is 0 Å². The molecule has 1 aliphatic rings. The summed E-state index contributed by atoms with van der Waals surface area (Å²) in [6, 6.07) is 13.0. The number of carbonyl (C=O) groups excluding carboxylic acids is 2. The zero-order chi connectivity index (χ0) is 20.4. The third-order valence-electron chi connectivity index (χ3n) is 4.45. The highest BCUT2D eigenvalue weighted by Crippen LogP contribution is 2.41. The molecule has 1 aliphatic heterocycles. The van der Waals surface area contributed by atoms with Crippen molar-refractivity contribution >= 4 is 34.8 Å². The van der Waals surface area contributed by atoms with Crippen LogP contribution in [0.25, 0.3) is 5.57 Å². The van der Waals surface area contributed by atoms with Crippen LogP contribution < -0.4 is 9.64 Å². The molecular weight excluding hydrogens is 370 g/mol. The van der Waals surface area contributed by atoms with Crippen molar-refractivity contribution < 1.29 is 14.3 Å². The number of carbonyl (C=O) groups is 2. The molecule has 2 amide bonds. The lowest BCUT2D eigenvalue weighted by molar-refractivity contribution is -0.119. The van der Waals surface area contributed by atoms with Gasteiger partial charge in [0.1, 0.15) is 5.75 Å². The fraction of sp³-hybridized carbons (Fsp3) is 0.304. The SMILES string of the molecule is CCOc1ccc(N2C(=O)C(SC(C)C)=C(c3ccc(C)cc3C)C2=O)cc1. The van der Waals surface area contributed by atoms with E-state index in [1.54, 1.807) is 24.3 Å². The fourth-order valence-electron chi connectivity index (χ4n) is 3.28. The number of aryl methyl sites for hydroxylation is 2. The summed E-state index contributed by atoms with van der Waals surface area (Å²) in [4.78, 5) is 28.4. The third kappa shape index (κ3) is 3.85. The predicted molar refractivity (Wildman–Crippen MR) is 116 cm³/mol. The molecule has 0 bridgehead atoms. The van der Waals surface area contributed by atoms with Gasteiger partial charge in [-0.25, -0.2) is 4.90 Å². The lowest BCUT2D eigenvalue weighted by atomic mass is 9.99. The molecule has 0 aromatic heterocycles. The first-order valence-corrected chi connectivity index (χ1v) is 10.3. The summed E-state index contributed by atoms with van der Waals surface area (Å²) in [6.45, 7) is 10.5. The minimum atomic E-state index is -0.274. The van der Waals surface area contributed by atoms with Crippen molar-refractivity contribution in [2.75, 3.05) is 11.5 Å². The first-order chi connectivity index (χ1) is 13.3. The summed E-state index contributed by atoms with van der Waals surface area (Å²) >= 11 is 1.44. The Balaban J connectivity index is 2.06. The monoisotopic (exact) mass is 395 g/mol. The highest BCUT2D eigenvalue weighted by Gasteiger charge is 2.40. The maximum absolute atomic E-state index is 13.4. The van der Waals surface area contributed by atoms with E-state index < -0.39 is 0 Å². The Kier molecular flexibility index (Phi) is 5.94. The summed E-state index contributed by atoms with van der Waals surface area (Å²) in [5.74, 6) is 0.178. The van der Waals surface area contributed by atoms with E-state index in [0.29, 0.717) is 28.5 Å². The zero-order valence-corrected chi connectivity index (χ0v) is 17.7. The van der Waals surface area contributed by atoms with E-state index in [9.17, 15) is 9.59 Å². The molecule has 0 saturated heterocycles. The molecule has 146 valence electrons. The first kappa shape index (κ1) is 20.2. The Labute approximate surface area is 170 Å².